The van der Waals surface area contributed by atoms with Crippen molar-refractivity contribution in [3.8, 4) is 0 Å². The predicted octanol–water partition coefficient (Wildman–Crippen LogP) is 2.29. The van der Waals surface area contributed by atoms with Crippen LogP contribution < -0.4 is 5.32 Å². The van der Waals surface area contributed by atoms with Gasteiger partial charge in [-0.25, -0.2) is 0 Å². The van der Waals surface area contributed by atoms with Crippen LogP contribution in [0.3, 0.4) is 0 Å². The van der Waals surface area contributed by atoms with Gasteiger partial charge in [0.2, 0.25) is 0 Å². The molecule has 5 heteroatoms. The van der Waals surface area contributed by atoms with Gasteiger partial charge in [-0.2, -0.15) is 5.10 Å². The summed E-state index contributed by atoms with van der Waals surface area (Å²) in [6, 6.07) is 0. The maximum absolute atomic E-state index is 6.15. The van der Waals surface area contributed by atoms with Gasteiger partial charge in [0, 0.05) is 32.4 Å². The third kappa shape index (κ3) is 3.97. The van der Waals surface area contributed by atoms with Crippen molar-refractivity contribution in [1.82, 2.24) is 15.1 Å². The number of rotatable bonds is 8. The number of nitrogens with zero attached hydrogens (tertiary/aromatic N) is 2. The Balaban J connectivity index is 1.56. The van der Waals surface area contributed by atoms with Crippen molar-refractivity contribution in [2.75, 3.05) is 19.8 Å². The molecule has 4 nitrogen and oxygen atoms in total. The number of hydrogen-bond donors (Lipinski definition) is 1. The molecule has 2 rings (SSSR count). The highest BCUT2D eigenvalue weighted by Crippen LogP contribution is 2.28. The van der Waals surface area contributed by atoms with E-state index in [1.54, 1.807) is 4.68 Å². The van der Waals surface area contributed by atoms with Gasteiger partial charge in [0.15, 0.2) is 0 Å². The fourth-order valence-electron chi connectivity index (χ4n) is 1.92. The van der Waals surface area contributed by atoms with E-state index in [1.165, 1.54) is 12.8 Å². The summed E-state index contributed by atoms with van der Waals surface area (Å²) in [5, 5.41) is 8.39. The van der Waals surface area contributed by atoms with Gasteiger partial charge in [-0.1, -0.05) is 11.6 Å². The Kier molecular flexibility index (Phi) is 5.03. The molecule has 102 valence electrons. The monoisotopic (exact) mass is 271 g/mol. The molecule has 1 heterocycles. The summed E-state index contributed by atoms with van der Waals surface area (Å²) in [6.45, 7) is 5.52. The van der Waals surface area contributed by atoms with E-state index in [-0.39, 0.29) is 0 Å². The van der Waals surface area contributed by atoms with E-state index in [0.717, 1.165) is 55.1 Å². The molecule has 18 heavy (non-hydrogen) atoms. The fraction of sp³-hybridized carbons (Fsp3) is 0.769. The second-order valence-corrected chi connectivity index (χ2v) is 5.39. The van der Waals surface area contributed by atoms with Crippen LogP contribution in [0.25, 0.3) is 0 Å². The molecule has 0 unspecified atom stereocenters. The molecule has 0 amide bonds. The Morgan fingerprint density at radius 3 is 2.89 bits per heavy atom. The van der Waals surface area contributed by atoms with Gasteiger partial charge < -0.3 is 10.1 Å². The van der Waals surface area contributed by atoms with E-state index in [9.17, 15) is 0 Å². The fourth-order valence-corrected chi connectivity index (χ4v) is 2.16. The molecular weight excluding hydrogens is 250 g/mol. The lowest BCUT2D eigenvalue weighted by Gasteiger charge is -2.05. The predicted molar refractivity (Wildman–Crippen MR) is 72.8 cm³/mol. The van der Waals surface area contributed by atoms with Crippen molar-refractivity contribution in [2.24, 2.45) is 13.0 Å². The summed E-state index contributed by atoms with van der Waals surface area (Å²) in [4.78, 5) is 0. The molecule has 0 radical (unpaired) electrons. The lowest BCUT2D eigenvalue weighted by Crippen LogP contribution is -2.17. The Morgan fingerprint density at radius 1 is 1.50 bits per heavy atom. The van der Waals surface area contributed by atoms with Gasteiger partial charge in [0.1, 0.15) is 5.15 Å². The van der Waals surface area contributed by atoms with Crippen molar-refractivity contribution in [3.05, 3.63) is 16.4 Å². The molecule has 0 bridgehead atoms. The van der Waals surface area contributed by atoms with Crippen molar-refractivity contribution in [3.63, 3.8) is 0 Å². The molecular formula is C13H22ClN3O. The first-order valence-corrected chi connectivity index (χ1v) is 7.02. The van der Waals surface area contributed by atoms with Crippen molar-refractivity contribution < 1.29 is 4.74 Å². The maximum Gasteiger partial charge on any atom is 0.131 e. The first kappa shape index (κ1) is 13.8. The van der Waals surface area contributed by atoms with Crippen LogP contribution in [-0.4, -0.2) is 29.5 Å². The molecule has 1 fully saturated rings. The number of aromatic nitrogens is 2. The van der Waals surface area contributed by atoms with Crippen molar-refractivity contribution in [1.29, 1.82) is 0 Å². The quantitative estimate of drug-likeness (QED) is 0.738. The van der Waals surface area contributed by atoms with Crippen LogP contribution in [-0.2, 0) is 18.3 Å². The lowest BCUT2D eigenvalue weighted by molar-refractivity contribution is 0.122. The Bertz CT molecular complexity index is 388. The highest BCUT2D eigenvalue weighted by Gasteiger charge is 2.20. The molecule has 0 atom stereocenters. The number of ether oxygens (including phenoxy) is 1. The van der Waals surface area contributed by atoms with E-state index in [0.29, 0.717) is 0 Å². The zero-order valence-electron chi connectivity index (χ0n) is 11.2. The molecule has 1 aliphatic rings. The summed E-state index contributed by atoms with van der Waals surface area (Å²) in [6.07, 6.45) is 3.76. The van der Waals surface area contributed by atoms with Crippen LogP contribution in [0.15, 0.2) is 0 Å². The maximum atomic E-state index is 6.15. The zero-order chi connectivity index (χ0) is 13.0. The van der Waals surface area contributed by atoms with Crippen LogP contribution in [0, 0.1) is 12.8 Å². The summed E-state index contributed by atoms with van der Waals surface area (Å²) in [7, 11) is 1.87. The Hall–Kier alpha value is -0.580. The average Bonchev–Trinajstić information content (AvgIpc) is 3.11. The normalized spacial score (nSPS) is 15.3. The number of aryl methyl sites for hydroxylation is 2. The first-order valence-electron chi connectivity index (χ1n) is 6.65. The average molecular weight is 272 g/mol. The van der Waals surface area contributed by atoms with Crippen LogP contribution in [0.4, 0.5) is 0 Å². The highest BCUT2D eigenvalue weighted by atomic mass is 35.5. The van der Waals surface area contributed by atoms with Gasteiger partial charge in [-0.15, -0.1) is 0 Å². The Labute approximate surface area is 114 Å². The Morgan fingerprint density at radius 2 is 2.28 bits per heavy atom. The van der Waals surface area contributed by atoms with E-state index in [4.69, 9.17) is 16.3 Å². The van der Waals surface area contributed by atoms with Crippen molar-refractivity contribution >= 4 is 11.6 Å². The van der Waals surface area contributed by atoms with Crippen LogP contribution in [0.2, 0.25) is 5.15 Å². The minimum Gasteiger partial charge on any atom is -0.381 e. The van der Waals surface area contributed by atoms with E-state index in [1.807, 2.05) is 14.0 Å². The zero-order valence-corrected chi connectivity index (χ0v) is 12.0. The van der Waals surface area contributed by atoms with E-state index >= 15 is 0 Å². The first-order chi connectivity index (χ1) is 8.68. The standard InChI is InChI=1S/C13H22ClN3O/c1-10-12(13(14)17(2)16-10)8-15-6-3-7-18-9-11-4-5-11/h11,15H,3-9H2,1-2H3. The minimum atomic E-state index is 0.727. The summed E-state index contributed by atoms with van der Waals surface area (Å²) in [5.74, 6) is 0.856. The van der Waals surface area contributed by atoms with Gasteiger partial charge >= 0.3 is 0 Å². The molecule has 1 aromatic rings. The number of hydrogen-bond acceptors (Lipinski definition) is 3. The molecule has 0 spiro atoms. The van der Waals surface area contributed by atoms with Crippen LogP contribution >= 0.6 is 11.6 Å². The van der Waals surface area contributed by atoms with Gasteiger partial charge in [-0.3, -0.25) is 4.68 Å². The topological polar surface area (TPSA) is 39.1 Å². The van der Waals surface area contributed by atoms with Crippen LogP contribution in [0.5, 0.6) is 0 Å². The molecule has 1 N–H and O–H groups in total. The van der Waals surface area contributed by atoms with Gasteiger partial charge in [0.05, 0.1) is 5.69 Å². The van der Waals surface area contributed by atoms with Gasteiger partial charge in [0.25, 0.3) is 0 Å². The number of nitrogens with one attached hydrogen (secondary N) is 1. The third-order valence-corrected chi connectivity index (χ3v) is 3.74. The molecule has 0 aromatic carbocycles. The summed E-state index contributed by atoms with van der Waals surface area (Å²) >= 11 is 6.15. The van der Waals surface area contributed by atoms with Gasteiger partial charge in [-0.05, 0) is 38.6 Å². The largest absolute Gasteiger partial charge is 0.381 e. The molecule has 1 aromatic heterocycles. The highest BCUT2D eigenvalue weighted by molar-refractivity contribution is 6.30. The SMILES string of the molecule is Cc1nn(C)c(Cl)c1CNCCCOCC1CC1. The summed E-state index contributed by atoms with van der Waals surface area (Å²) < 4.78 is 7.29. The van der Waals surface area contributed by atoms with Crippen LogP contribution in [0.1, 0.15) is 30.5 Å². The van der Waals surface area contributed by atoms with Crippen molar-refractivity contribution in [2.45, 2.75) is 32.7 Å². The minimum absolute atomic E-state index is 0.727. The second-order valence-electron chi connectivity index (χ2n) is 5.03. The summed E-state index contributed by atoms with van der Waals surface area (Å²) in [5.41, 5.74) is 2.10. The third-order valence-electron chi connectivity index (χ3n) is 3.26. The van der Waals surface area contributed by atoms with E-state index < -0.39 is 0 Å². The molecule has 0 aliphatic heterocycles. The smallest absolute Gasteiger partial charge is 0.131 e. The molecule has 1 aliphatic carbocycles. The lowest BCUT2D eigenvalue weighted by atomic mass is 10.2. The molecule has 0 saturated heterocycles. The second kappa shape index (κ2) is 6.55. The van der Waals surface area contributed by atoms with E-state index in [2.05, 4.69) is 10.4 Å². The molecule has 1 saturated carbocycles. The number of halogens is 1.